The topological polar surface area (TPSA) is 76.2 Å². The molecule has 2 saturated heterocycles. The van der Waals surface area contributed by atoms with Crippen LogP contribution in [0.1, 0.15) is 25.5 Å². The maximum Gasteiger partial charge on any atom is 0.159 e. The van der Waals surface area contributed by atoms with Crippen molar-refractivity contribution in [2.75, 3.05) is 56.0 Å². The van der Waals surface area contributed by atoms with Crippen LogP contribution in [0, 0.1) is 0 Å². The maximum absolute atomic E-state index is 6.59. The fourth-order valence-corrected chi connectivity index (χ4v) is 6.08. The summed E-state index contributed by atoms with van der Waals surface area (Å²) in [5, 5.41) is 6.43. The number of anilines is 2. The van der Waals surface area contributed by atoms with E-state index in [1.54, 1.807) is 17.5 Å². The Morgan fingerprint density at radius 2 is 1.81 bits per heavy atom. The molecule has 3 aromatic heterocycles. The maximum atomic E-state index is 6.59. The summed E-state index contributed by atoms with van der Waals surface area (Å²) < 4.78 is 0. The monoisotopic (exact) mass is 536 g/mol. The molecule has 194 valence electrons. The van der Waals surface area contributed by atoms with E-state index >= 15 is 0 Å². The zero-order chi connectivity index (χ0) is 25.2. The molecule has 5 heterocycles. The van der Waals surface area contributed by atoms with Gasteiger partial charge in [0.05, 0.1) is 28.1 Å². The number of pyridine rings is 1. The Balaban J connectivity index is 1.13. The number of thiazole rings is 1. The number of imidazole rings is 1. The summed E-state index contributed by atoms with van der Waals surface area (Å²) in [7, 11) is 0. The first-order valence-corrected chi connectivity index (χ1v) is 14.5. The molecule has 2 aliphatic rings. The van der Waals surface area contributed by atoms with Crippen molar-refractivity contribution in [3.05, 3.63) is 52.1 Å². The zero-order valence-corrected chi connectivity index (χ0v) is 22.7. The molecule has 0 amide bonds. The second kappa shape index (κ2) is 10.9. The zero-order valence-electron chi connectivity index (χ0n) is 21.2. The van der Waals surface area contributed by atoms with Gasteiger partial charge in [-0.15, -0.1) is 11.3 Å². The van der Waals surface area contributed by atoms with Gasteiger partial charge in [-0.05, 0) is 43.7 Å². The smallest absolute Gasteiger partial charge is 0.159 e. The second-order valence-corrected chi connectivity index (χ2v) is 11.0. The van der Waals surface area contributed by atoms with Crippen molar-refractivity contribution >= 4 is 45.5 Å². The van der Waals surface area contributed by atoms with Gasteiger partial charge < -0.3 is 20.1 Å². The summed E-state index contributed by atoms with van der Waals surface area (Å²) in [5.74, 6) is 0.813. The molecule has 6 rings (SSSR count). The number of piperazine rings is 1. The van der Waals surface area contributed by atoms with Crippen LogP contribution in [0.15, 0.2) is 41.4 Å². The summed E-state index contributed by atoms with van der Waals surface area (Å²) in [4.78, 5) is 24.7. The largest absolute Gasteiger partial charge is 0.379 e. The van der Waals surface area contributed by atoms with Gasteiger partial charge in [-0.3, -0.25) is 4.90 Å². The minimum Gasteiger partial charge on any atom is -0.379 e. The van der Waals surface area contributed by atoms with Gasteiger partial charge in [-0.1, -0.05) is 18.5 Å². The van der Waals surface area contributed by atoms with E-state index in [0.717, 1.165) is 93.4 Å². The molecule has 2 N–H and O–H groups in total. The van der Waals surface area contributed by atoms with E-state index in [-0.39, 0.29) is 0 Å². The van der Waals surface area contributed by atoms with Crippen LogP contribution in [0.3, 0.4) is 0 Å². The molecule has 0 bridgehead atoms. The highest BCUT2D eigenvalue weighted by atomic mass is 35.5. The second-order valence-electron chi connectivity index (χ2n) is 9.91. The molecule has 8 nitrogen and oxygen atoms in total. The lowest BCUT2D eigenvalue weighted by molar-refractivity contribution is 0.229. The number of rotatable bonds is 7. The number of halogens is 1. The Kier molecular flexibility index (Phi) is 7.28. The molecule has 10 heteroatoms. The van der Waals surface area contributed by atoms with Crippen molar-refractivity contribution in [3.8, 4) is 11.4 Å². The van der Waals surface area contributed by atoms with Crippen LogP contribution in [0.4, 0.5) is 11.4 Å². The third kappa shape index (κ3) is 5.45. The molecule has 0 aliphatic carbocycles. The fraction of sp³-hybridized carbons (Fsp3) is 0.444. The predicted molar refractivity (Wildman–Crippen MR) is 153 cm³/mol. The third-order valence-electron chi connectivity index (χ3n) is 7.60. The average Bonchev–Trinajstić information content (AvgIpc) is 3.62. The van der Waals surface area contributed by atoms with Crippen molar-refractivity contribution in [1.82, 2.24) is 29.7 Å². The van der Waals surface area contributed by atoms with Crippen LogP contribution in [0.25, 0.3) is 22.6 Å². The van der Waals surface area contributed by atoms with Gasteiger partial charge in [0.15, 0.2) is 5.65 Å². The van der Waals surface area contributed by atoms with E-state index < -0.39 is 0 Å². The van der Waals surface area contributed by atoms with Gasteiger partial charge in [0.1, 0.15) is 11.3 Å². The Morgan fingerprint density at radius 3 is 2.51 bits per heavy atom. The van der Waals surface area contributed by atoms with Gasteiger partial charge in [-0.2, -0.15) is 0 Å². The van der Waals surface area contributed by atoms with Crippen LogP contribution in [0.5, 0.6) is 0 Å². The van der Waals surface area contributed by atoms with Crippen molar-refractivity contribution in [2.45, 2.75) is 32.4 Å². The van der Waals surface area contributed by atoms with Gasteiger partial charge in [-0.25, -0.2) is 15.0 Å². The van der Waals surface area contributed by atoms with Crippen LogP contribution >= 0.6 is 22.9 Å². The molecule has 0 atom stereocenters. The Morgan fingerprint density at radius 1 is 1.03 bits per heavy atom. The first-order chi connectivity index (χ1) is 18.2. The molecule has 0 spiro atoms. The number of aromatic nitrogens is 4. The minimum absolute atomic E-state index is 0.396. The molecular weight excluding hydrogens is 504 g/mol. The summed E-state index contributed by atoms with van der Waals surface area (Å²) >= 11 is 8.25. The van der Waals surface area contributed by atoms with Crippen LogP contribution in [-0.2, 0) is 6.54 Å². The van der Waals surface area contributed by atoms with E-state index in [1.807, 2.05) is 5.51 Å². The van der Waals surface area contributed by atoms with Gasteiger partial charge >= 0.3 is 0 Å². The van der Waals surface area contributed by atoms with Crippen LogP contribution in [0.2, 0.25) is 5.02 Å². The highest BCUT2D eigenvalue weighted by Gasteiger charge is 2.22. The van der Waals surface area contributed by atoms with E-state index in [2.05, 4.69) is 71.5 Å². The first-order valence-electron chi connectivity index (χ1n) is 13.1. The average molecular weight is 537 g/mol. The number of piperidine rings is 1. The van der Waals surface area contributed by atoms with Gasteiger partial charge in [0.25, 0.3) is 0 Å². The van der Waals surface area contributed by atoms with Gasteiger partial charge in [0, 0.05) is 68.5 Å². The number of benzene rings is 1. The number of hydrogen-bond donors (Lipinski definition) is 2. The number of fused-ring (bicyclic) bond motifs is 1. The van der Waals surface area contributed by atoms with Gasteiger partial charge in [0.2, 0.25) is 0 Å². The summed E-state index contributed by atoms with van der Waals surface area (Å²) in [5.41, 5.74) is 7.82. The standard InChI is InChI=1S/C27H33ClN8S/c1-2-34-9-7-20(8-10-34)31-24-23(28)15-29-27-25(24)32-26(33-27)19-3-5-22(6-4-19)36-13-11-35(12-14-36)16-21-17-37-18-30-21/h3-6,15,17-18,20H,2,7-14,16H2,1H3,(H2,29,31,32,33). The number of aromatic amines is 1. The lowest BCUT2D eigenvalue weighted by Gasteiger charge is -2.35. The van der Waals surface area contributed by atoms with Crippen molar-refractivity contribution < 1.29 is 0 Å². The SMILES string of the molecule is CCN1CCC(Nc2c(Cl)cnc3[nH]c(-c4ccc(N5CCN(Cc6cscn6)CC5)cc4)nc23)CC1. The number of H-pyrrole nitrogens is 1. The number of hydrogen-bond acceptors (Lipinski definition) is 8. The van der Waals surface area contributed by atoms with E-state index in [4.69, 9.17) is 16.6 Å². The van der Waals surface area contributed by atoms with E-state index in [1.165, 1.54) is 11.4 Å². The van der Waals surface area contributed by atoms with Crippen molar-refractivity contribution in [1.29, 1.82) is 0 Å². The van der Waals surface area contributed by atoms with E-state index in [0.29, 0.717) is 11.1 Å². The lowest BCUT2D eigenvalue weighted by atomic mass is 10.0. The number of likely N-dealkylation sites (tertiary alicyclic amines) is 1. The molecule has 0 unspecified atom stereocenters. The molecule has 0 radical (unpaired) electrons. The van der Waals surface area contributed by atoms with E-state index in [9.17, 15) is 0 Å². The number of nitrogens with zero attached hydrogens (tertiary/aromatic N) is 6. The highest BCUT2D eigenvalue weighted by Crippen LogP contribution is 2.32. The fourth-order valence-electron chi connectivity index (χ4n) is 5.34. The lowest BCUT2D eigenvalue weighted by Crippen LogP contribution is -2.46. The van der Waals surface area contributed by atoms with Crippen molar-refractivity contribution in [3.63, 3.8) is 0 Å². The first kappa shape index (κ1) is 24.6. The summed E-state index contributed by atoms with van der Waals surface area (Å²) in [6.45, 7) is 10.6. The summed E-state index contributed by atoms with van der Waals surface area (Å²) in [6, 6.07) is 9.07. The molecule has 37 heavy (non-hydrogen) atoms. The minimum atomic E-state index is 0.396. The highest BCUT2D eigenvalue weighted by molar-refractivity contribution is 7.07. The summed E-state index contributed by atoms with van der Waals surface area (Å²) in [6.07, 6.45) is 3.92. The molecule has 0 saturated carbocycles. The quantitative estimate of drug-likeness (QED) is 0.346. The van der Waals surface area contributed by atoms with Crippen LogP contribution in [-0.4, -0.2) is 81.6 Å². The van der Waals surface area contributed by atoms with Crippen LogP contribution < -0.4 is 10.2 Å². The molecule has 2 aliphatic heterocycles. The third-order valence-corrected chi connectivity index (χ3v) is 8.52. The Hall–Kier alpha value is -2.72. The number of nitrogens with one attached hydrogen (secondary N) is 2. The molecule has 4 aromatic rings. The predicted octanol–water partition coefficient (Wildman–Crippen LogP) is 4.95. The Bertz CT molecular complexity index is 1310. The molecule has 2 fully saturated rings. The molecular formula is C27H33ClN8S. The molecule has 1 aromatic carbocycles. The normalized spacial score (nSPS) is 18.1. The Labute approximate surface area is 226 Å². The van der Waals surface area contributed by atoms with Crippen molar-refractivity contribution in [2.24, 2.45) is 0 Å².